The molecular weight excluding hydrogens is 298 g/mol. The molecule has 0 aromatic heterocycles. The zero-order valence-electron chi connectivity index (χ0n) is 14.5. The van der Waals surface area contributed by atoms with Gasteiger partial charge in [0, 0.05) is 13.0 Å². The first kappa shape index (κ1) is 19.5. The van der Waals surface area contributed by atoms with E-state index >= 15 is 0 Å². The van der Waals surface area contributed by atoms with E-state index in [0.717, 1.165) is 12.8 Å². The van der Waals surface area contributed by atoms with Gasteiger partial charge in [-0.2, -0.15) is 0 Å². The number of carbonyl (C=O) groups is 2. The number of piperidine rings is 1. The van der Waals surface area contributed by atoms with Crippen LogP contribution in [0.15, 0.2) is 12.7 Å². The Kier molecular flexibility index (Phi) is 8.09. The summed E-state index contributed by atoms with van der Waals surface area (Å²) >= 11 is 0. The van der Waals surface area contributed by atoms with Gasteiger partial charge < -0.3 is 14.2 Å². The van der Waals surface area contributed by atoms with Crippen molar-refractivity contribution < 1.29 is 23.8 Å². The van der Waals surface area contributed by atoms with E-state index < -0.39 is 17.7 Å². The molecule has 0 unspecified atom stereocenters. The molecule has 132 valence electrons. The van der Waals surface area contributed by atoms with Crippen LogP contribution in [-0.2, 0) is 19.0 Å². The third kappa shape index (κ3) is 7.50. The molecule has 6 nitrogen and oxygen atoms in total. The van der Waals surface area contributed by atoms with Crippen molar-refractivity contribution in [2.45, 2.75) is 58.1 Å². The second-order valence-corrected chi connectivity index (χ2v) is 6.57. The highest BCUT2D eigenvalue weighted by atomic mass is 16.6. The summed E-state index contributed by atoms with van der Waals surface area (Å²) in [4.78, 5) is 26.0. The van der Waals surface area contributed by atoms with Gasteiger partial charge in [0.25, 0.3) is 0 Å². The minimum atomic E-state index is -0.578. The molecule has 0 N–H and O–H groups in total. The Labute approximate surface area is 138 Å². The molecule has 0 aliphatic carbocycles. The highest BCUT2D eigenvalue weighted by molar-refractivity contribution is 5.81. The molecule has 1 fully saturated rings. The first-order valence-corrected chi connectivity index (χ1v) is 8.20. The fourth-order valence-corrected chi connectivity index (χ4v) is 2.31. The average molecular weight is 327 g/mol. The van der Waals surface area contributed by atoms with Crippen LogP contribution in [0.25, 0.3) is 0 Å². The molecular formula is C17H29NO5. The van der Waals surface area contributed by atoms with Gasteiger partial charge in [0.2, 0.25) is 0 Å². The topological polar surface area (TPSA) is 65.1 Å². The van der Waals surface area contributed by atoms with E-state index in [2.05, 4.69) is 6.58 Å². The van der Waals surface area contributed by atoms with Crippen molar-refractivity contribution in [1.82, 2.24) is 4.90 Å². The molecule has 23 heavy (non-hydrogen) atoms. The van der Waals surface area contributed by atoms with Gasteiger partial charge in [-0.25, -0.2) is 9.59 Å². The Balaban J connectivity index is 2.45. The molecule has 0 bridgehead atoms. The Morgan fingerprint density at radius 2 is 2.00 bits per heavy atom. The van der Waals surface area contributed by atoms with Crippen molar-refractivity contribution in [2.24, 2.45) is 0 Å². The maximum atomic E-state index is 12.2. The van der Waals surface area contributed by atoms with Crippen molar-refractivity contribution in [2.75, 3.05) is 26.4 Å². The lowest BCUT2D eigenvalue weighted by Gasteiger charge is -2.35. The molecule has 6 heteroatoms. The van der Waals surface area contributed by atoms with E-state index in [4.69, 9.17) is 14.2 Å². The minimum Gasteiger partial charge on any atom is -0.464 e. The summed E-state index contributed by atoms with van der Waals surface area (Å²) in [5.41, 5.74) is -0.578. The molecule has 1 saturated heterocycles. The first-order chi connectivity index (χ1) is 10.8. The Bertz CT molecular complexity index is 402. The number of hydrogen-bond acceptors (Lipinski definition) is 5. The van der Waals surface area contributed by atoms with Crippen LogP contribution >= 0.6 is 0 Å². The van der Waals surface area contributed by atoms with Crippen molar-refractivity contribution in [3.8, 4) is 0 Å². The zero-order chi connectivity index (χ0) is 17.3. The van der Waals surface area contributed by atoms with Gasteiger partial charge in [0.15, 0.2) is 0 Å². The predicted octanol–water partition coefficient (Wildman–Crippen LogP) is 2.91. The lowest BCUT2D eigenvalue weighted by molar-refractivity contribution is -0.151. The third-order valence-electron chi connectivity index (χ3n) is 3.32. The first-order valence-electron chi connectivity index (χ1n) is 8.20. The van der Waals surface area contributed by atoms with E-state index in [0.29, 0.717) is 32.6 Å². The molecule has 1 aliphatic heterocycles. The molecule has 0 aromatic carbocycles. The van der Waals surface area contributed by atoms with Gasteiger partial charge in [-0.05, 0) is 40.0 Å². The number of hydrogen-bond donors (Lipinski definition) is 0. The summed E-state index contributed by atoms with van der Waals surface area (Å²) < 4.78 is 15.9. The maximum Gasteiger partial charge on any atom is 0.411 e. The smallest absolute Gasteiger partial charge is 0.411 e. The summed E-state index contributed by atoms with van der Waals surface area (Å²) in [6.07, 6.45) is 4.24. The van der Waals surface area contributed by atoms with E-state index in [9.17, 15) is 9.59 Å². The Morgan fingerprint density at radius 1 is 1.26 bits per heavy atom. The van der Waals surface area contributed by atoms with Crippen LogP contribution in [0.5, 0.6) is 0 Å². The van der Waals surface area contributed by atoms with Gasteiger partial charge in [-0.15, -0.1) is 6.58 Å². The molecule has 1 rings (SSSR count). The van der Waals surface area contributed by atoms with Gasteiger partial charge in [0.1, 0.15) is 11.6 Å². The van der Waals surface area contributed by atoms with Crippen LogP contribution in [0.2, 0.25) is 0 Å². The summed E-state index contributed by atoms with van der Waals surface area (Å²) in [6, 6.07) is -0.548. The highest BCUT2D eigenvalue weighted by Gasteiger charge is 2.35. The lowest BCUT2D eigenvalue weighted by atomic mass is 10.0. The SMILES string of the molecule is C=CCOCCCOC(=O)[C@@H]1CCCCN1C(=O)OC(C)(C)C. The fourth-order valence-electron chi connectivity index (χ4n) is 2.31. The fraction of sp³-hybridized carbons (Fsp3) is 0.765. The summed E-state index contributed by atoms with van der Waals surface area (Å²) in [5.74, 6) is -0.362. The largest absolute Gasteiger partial charge is 0.464 e. The number of nitrogens with zero attached hydrogens (tertiary/aromatic N) is 1. The van der Waals surface area contributed by atoms with Crippen LogP contribution < -0.4 is 0 Å². The number of esters is 1. The van der Waals surface area contributed by atoms with Crippen LogP contribution in [-0.4, -0.2) is 55.0 Å². The summed E-state index contributed by atoms with van der Waals surface area (Å²) in [7, 11) is 0. The summed E-state index contributed by atoms with van der Waals surface area (Å²) in [5, 5.41) is 0. The number of rotatable bonds is 7. The molecule has 1 aliphatic rings. The summed E-state index contributed by atoms with van der Waals surface area (Å²) in [6.45, 7) is 10.8. The third-order valence-corrected chi connectivity index (χ3v) is 3.32. The molecule has 0 aromatic rings. The molecule has 1 heterocycles. The van der Waals surface area contributed by atoms with E-state index in [1.807, 2.05) is 20.8 Å². The second kappa shape index (κ2) is 9.55. The van der Waals surface area contributed by atoms with E-state index in [1.54, 1.807) is 6.08 Å². The average Bonchev–Trinajstić information content (AvgIpc) is 2.49. The standard InChI is InChI=1S/C17H29NO5/c1-5-11-21-12-8-13-22-15(19)14-9-6-7-10-18(14)16(20)23-17(2,3)4/h5,14H,1,6-13H2,2-4H3/t14-/m0/s1. The van der Waals surface area contributed by atoms with Gasteiger partial charge in [0.05, 0.1) is 19.8 Å². The number of amides is 1. The van der Waals surface area contributed by atoms with Crippen molar-refractivity contribution in [1.29, 1.82) is 0 Å². The minimum absolute atomic E-state index is 0.286. The van der Waals surface area contributed by atoms with E-state index in [-0.39, 0.29) is 12.6 Å². The molecule has 0 saturated carbocycles. The normalized spacial score (nSPS) is 18.4. The van der Waals surface area contributed by atoms with Gasteiger partial charge >= 0.3 is 12.1 Å². The molecule has 0 radical (unpaired) electrons. The molecule has 0 spiro atoms. The lowest BCUT2D eigenvalue weighted by Crippen LogP contribution is -2.50. The Morgan fingerprint density at radius 3 is 2.65 bits per heavy atom. The predicted molar refractivity (Wildman–Crippen MR) is 87.2 cm³/mol. The molecule has 1 atom stereocenters. The van der Waals surface area contributed by atoms with Gasteiger partial charge in [-0.1, -0.05) is 6.08 Å². The van der Waals surface area contributed by atoms with Crippen molar-refractivity contribution in [3.63, 3.8) is 0 Å². The monoisotopic (exact) mass is 327 g/mol. The zero-order valence-corrected chi connectivity index (χ0v) is 14.5. The number of ether oxygens (including phenoxy) is 3. The van der Waals surface area contributed by atoms with E-state index in [1.165, 1.54) is 4.90 Å². The number of likely N-dealkylation sites (tertiary alicyclic amines) is 1. The van der Waals surface area contributed by atoms with Crippen molar-refractivity contribution >= 4 is 12.1 Å². The Hall–Kier alpha value is -1.56. The van der Waals surface area contributed by atoms with Crippen LogP contribution in [0.1, 0.15) is 46.5 Å². The highest BCUT2D eigenvalue weighted by Crippen LogP contribution is 2.21. The quantitative estimate of drug-likeness (QED) is 0.409. The molecule has 1 amide bonds. The van der Waals surface area contributed by atoms with Gasteiger partial charge in [-0.3, -0.25) is 4.90 Å². The second-order valence-electron chi connectivity index (χ2n) is 6.57. The van der Waals surface area contributed by atoms with Crippen molar-refractivity contribution in [3.05, 3.63) is 12.7 Å². The van der Waals surface area contributed by atoms with Crippen LogP contribution in [0.4, 0.5) is 4.79 Å². The van der Waals surface area contributed by atoms with Crippen LogP contribution in [0, 0.1) is 0 Å². The van der Waals surface area contributed by atoms with Crippen LogP contribution in [0.3, 0.4) is 0 Å². The maximum absolute atomic E-state index is 12.2. The number of carbonyl (C=O) groups excluding carboxylic acids is 2.